The number of nitriles is 1. The zero-order valence-electron chi connectivity index (χ0n) is 16.1. The van der Waals surface area contributed by atoms with Gasteiger partial charge in [0.05, 0.1) is 27.2 Å². The highest BCUT2D eigenvalue weighted by molar-refractivity contribution is 14.1. The first-order valence-corrected chi connectivity index (χ1v) is 11.1. The van der Waals surface area contributed by atoms with Gasteiger partial charge in [0.1, 0.15) is 17.5 Å². The van der Waals surface area contributed by atoms with Crippen LogP contribution in [0, 0.1) is 14.9 Å². The van der Waals surface area contributed by atoms with E-state index in [0.717, 1.165) is 25.8 Å². The summed E-state index contributed by atoms with van der Waals surface area (Å²) in [6, 6.07) is 12.9. The number of methoxy groups -OCH3 is 1. The van der Waals surface area contributed by atoms with E-state index in [0.29, 0.717) is 27.5 Å². The molecule has 1 N–H and O–H groups in total. The Morgan fingerprint density at radius 3 is 2.81 bits per heavy atom. The fourth-order valence-electron chi connectivity index (χ4n) is 2.79. The van der Waals surface area contributed by atoms with Crippen LogP contribution >= 0.6 is 46.6 Å². The molecule has 0 saturated carbocycles. The summed E-state index contributed by atoms with van der Waals surface area (Å²) >= 11 is 8.28. The number of carbonyl (C=O) groups excluding carboxylic acids is 1. The standard InChI is InChI=1S/C21H15IN2O5S2/c1-28-16-7-12(8-17-20(27)24(10-18(25)26)21(30)31-17)6-15(22)19(16)29-11-14-5-3-2-4-13(14)9-23/h2-8H,10-11H2,1H3,(H,25,26)/b17-8+. The molecule has 3 rings (SSSR count). The van der Waals surface area contributed by atoms with Crippen LogP contribution in [0.1, 0.15) is 16.7 Å². The second kappa shape index (κ2) is 10.1. The number of thioether (sulfide) groups is 1. The van der Waals surface area contributed by atoms with Crippen LogP contribution in [0.25, 0.3) is 6.08 Å². The van der Waals surface area contributed by atoms with Crippen LogP contribution in [0.5, 0.6) is 11.5 Å². The number of carbonyl (C=O) groups is 2. The van der Waals surface area contributed by atoms with Crippen LogP contribution in [0.15, 0.2) is 41.3 Å². The highest BCUT2D eigenvalue weighted by atomic mass is 127. The first kappa shape index (κ1) is 23.1. The summed E-state index contributed by atoms with van der Waals surface area (Å²) in [5.74, 6) is -0.590. The molecule has 1 aliphatic rings. The summed E-state index contributed by atoms with van der Waals surface area (Å²) in [5.41, 5.74) is 1.98. The van der Waals surface area contributed by atoms with Crippen molar-refractivity contribution in [3.63, 3.8) is 0 Å². The van der Waals surface area contributed by atoms with Crippen molar-refractivity contribution in [2.24, 2.45) is 0 Å². The van der Waals surface area contributed by atoms with Crippen molar-refractivity contribution in [2.45, 2.75) is 6.61 Å². The molecule has 158 valence electrons. The Hall–Kier alpha value is -2.62. The van der Waals surface area contributed by atoms with E-state index in [-0.39, 0.29) is 10.9 Å². The molecule has 10 heteroatoms. The Morgan fingerprint density at radius 1 is 1.39 bits per heavy atom. The van der Waals surface area contributed by atoms with Crippen molar-refractivity contribution in [1.82, 2.24) is 4.90 Å². The van der Waals surface area contributed by atoms with Crippen molar-refractivity contribution < 1.29 is 24.2 Å². The minimum absolute atomic E-state index is 0.198. The van der Waals surface area contributed by atoms with E-state index in [1.807, 2.05) is 18.2 Å². The van der Waals surface area contributed by atoms with E-state index in [4.69, 9.17) is 26.8 Å². The average Bonchev–Trinajstić information content (AvgIpc) is 2.99. The van der Waals surface area contributed by atoms with Gasteiger partial charge in [-0.15, -0.1) is 0 Å². The molecule has 0 radical (unpaired) electrons. The largest absolute Gasteiger partial charge is 0.493 e. The Morgan fingerprint density at radius 2 is 2.13 bits per heavy atom. The number of aliphatic carboxylic acids is 1. The van der Waals surface area contributed by atoms with Crippen molar-refractivity contribution in [3.05, 3.63) is 61.6 Å². The fourth-order valence-corrected chi connectivity index (χ4v) is 4.83. The van der Waals surface area contributed by atoms with E-state index in [1.54, 1.807) is 24.3 Å². The lowest BCUT2D eigenvalue weighted by atomic mass is 10.1. The highest BCUT2D eigenvalue weighted by Gasteiger charge is 2.33. The number of hydrogen-bond donors (Lipinski definition) is 1. The smallest absolute Gasteiger partial charge is 0.323 e. The van der Waals surface area contributed by atoms with Crippen LogP contribution in [0.3, 0.4) is 0 Å². The molecule has 1 aliphatic heterocycles. The van der Waals surface area contributed by atoms with Gasteiger partial charge in [-0.05, 0) is 52.4 Å². The highest BCUT2D eigenvalue weighted by Crippen LogP contribution is 2.37. The summed E-state index contributed by atoms with van der Waals surface area (Å²) in [5, 5.41) is 18.2. The van der Waals surface area contributed by atoms with Crippen LogP contribution in [-0.4, -0.2) is 39.9 Å². The molecule has 0 spiro atoms. The number of hydrogen-bond acceptors (Lipinski definition) is 7. The van der Waals surface area contributed by atoms with Crippen molar-refractivity contribution in [3.8, 4) is 17.6 Å². The number of rotatable bonds is 7. The number of ether oxygens (including phenoxy) is 2. The number of carboxylic acids is 1. The third kappa shape index (κ3) is 5.36. The molecule has 7 nitrogen and oxygen atoms in total. The number of halogens is 1. The topological polar surface area (TPSA) is 99.9 Å². The molecule has 1 heterocycles. The monoisotopic (exact) mass is 566 g/mol. The first-order valence-electron chi connectivity index (χ1n) is 8.79. The van der Waals surface area contributed by atoms with E-state index in [1.165, 1.54) is 7.11 Å². The molecule has 0 atom stereocenters. The van der Waals surface area contributed by atoms with E-state index in [9.17, 15) is 14.9 Å². The van der Waals surface area contributed by atoms with Crippen molar-refractivity contribution in [2.75, 3.05) is 13.7 Å². The van der Waals surface area contributed by atoms with Gasteiger partial charge in [0.2, 0.25) is 0 Å². The minimum atomic E-state index is -1.13. The summed E-state index contributed by atoms with van der Waals surface area (Å²) in [6.07, 6.45) is 1.64. The molecule has 0 bridgehead atoms. The van der Waals surface area contributed by atoms with Gasteiger partial charge >= 0.3 is 5.97 Å². The van der Waals surface area contributed by atoms with Crippen LogP contribution < -0.4 is 9.47 Å². The summed E-state index contributed by atoms with van der Waals surface area (Å²) in [4.78, 5) is 24.8. The predicted octanol–water partition coefficient (Wildman–Crippen LogP) is 4.04. The lowest BCUT2D eigenvalue weighted by Crippen LogP contribution is -2.33. The molecular weight excluding hydrogens is 551 g/mol. The second-order valence-electron chi connectivity index (χ2n) is 6.25. The van der Waals surface area contributed by atoms with Crippen LogP contribution in [0.2, 0.25) is 0 Å². The number of benzene rings is 2. The first-order chi connectivity index (χ1) is 14.8. The third-order valence-electron chi connectivity index (χ3n) is 4.23. The number of amides is 1. The quantitative estimate of drug-likeness (QED) is 0.305. The molecular formula is C21H15IN2O5S2. The van der Waals surface area contributed by atoms with Gasteiger partial charge < -0.3 is 14.6 Å². The summed E-state index contributed by atoms with van der Waals surface area (Å²) in [7, 11) is 1.51. The number of carboxylic acid groups (broad SMARTS) is 1. The average molecular weight is 566 g/mol. The van der Waals surface area contributed by atoms with E-state index < -0.39 is 18.4 Å². The van der Waals surface area contributed by atoms with Crippen LogP contribution in [0.4, 0.5) is 0 Å². The third-order valence-corrected chi connectivity index (χ3v) is 6.41. The lowest BCUT2D eigenvalue weighted by Gasteiger charge is -2.14. The normalized spacial score (nSPS) is 14.6. The van der Waals surface area contributed by atoms with E-state index >= 15 is 0 Å². The molecule has 1 saturated heterocycles. The van der Waals surface area contributed by atoms with Crippen LogP contribution in [-0.2, 0) is 16.2 Å². The molecule has 31 heavy (non-hydrogen) atoms. The molecule has 2 aromatic carbocycles. The zero-order valence-corrected chi connectivity index (χ0v) is 19.9. The molecule has 2 aromatic rings. The summed E-state index contributed by atoms with van der Waals surface area (Å²) < 4.78 is 12.4. The predicted molar refractivity (Wildman–Crippen MR) is 129 cm³/mol. The molecule has 0 unspecified atom stereocenters. The van der Waals surface area contributed by atoms with Gasteiger partial charge in [-0.1, -0.05) is 42.2 Å². The maximum absolute atomic E-state index is 12.5. The molecule has 0 aromatic heterocycles. The second-order valence-corrected chi connectivity index (χ2v) is 9.09. The summed E-state index contributed by atoms with van der Waals surface area (Å²) in [6.45, 7) is -0.275. The maximum Gasteiger partial charge on any atom is 0.323 e. The Balaban J connectivity index is 1.85. The van der Waals surface area contributed by atoms with Gasteiger partial charge in [-0.2, -0.15) is 5.26 Å². The Kier molecular flexibility index (Phi) is 7.53. The van der Waals surface area contributed by atoms with E-state index in [2.05, 4.69) is 28.7 Å². The fraction of sp³-hybridized carbons (Fsp3) is 0.143. The zero-order chi connectivity index (χ0) is 22.5. The molecule has 1 fully saturated rings. The number of nitrogens with zero attached hydrogens (tertiary/aromatic N) is 2. The van der Waals surface area contributed by atoms with Gasteiger partial charge in [0.15, 0.2) is 11.5 Å². The van der Waals surface area contributed by atoms with Gasteiger partial charge in [-0.25, -0.2) is 0 Å². The Labute approximate surface area is 201 Å². The molecule has 0 aliphatic carbocycles. The van der Waals surface area contributed by atoms with Crippen molar-refractivity contribution >= 4 is 68.8 Å². The Bertz CT molecular complexity index is 1140. The molecule has 1 amide bonds. The SMILES string of the molecule is COc1cc(/C=C2/SC(=S)N(CC(=O)O)C2=O)cc(I)c1OCc1ccccc1C#N. The maximum atomic E-state index is 12.5. The lowest BCUT2D eigenvalue weighted by molar-refractivity contribution is -0.140. The minimum Gasteiger partial charge on any atom is -0.493 e. The van der Waals surface area contributed by atoms with Gasteiger partial charge in [0, 0.05) is 5.56 Å². The van der Waals surface area contributed by atoms with Gasteiger partial charge in [-0.3, -0.25) is 14.5 Å². The number of thiocarbonyl (C=S) groups is 1. The van der Waals surface area contributed by atoms with Crippen molar-refractivity contribution in [1.29, 1.82) is 5.26 Å². The van der Waals surface area contributed by atoms with Gasteiger partial charge in [0.25, 0.3) is 5.91 Å².